The van der Waals surface area contributed by atoms with Crippen LogP contribution in [0.4, 0.5) is 17.1 Å². The number of carbonyl (C=O) groups excluding carboxylic acids is 1. The minimum Gasteiger partial charge on any atom is -0.376 e. The van der Waals surface area contributed by atoms with Crippen LogP contribution in [0.1, 0.15) is 19.4 Å². The minimum absolute atomic E-state index is 0.0832. The van der Waals surface area contributed by atoms with Gasteiger partial charge >= 0.3 is 0 Å². The van der Waals surface area contributed by atoms with Gasteiger partial charge in [-0.15, -0.1) is 0 Å². The number of aryl methyl sites for hydroxylation is 1. The molecule has 2 aromatic rings. The Morgan fingerprint density at radius 3 is 2.41 bits per heavy atom. The quantitative estimate of drug-likeness (QED) is 0.475. The summed E-state index contributed by atoms with van der Waals surface area (Å²) in [5.74, 6) is -0.411. The molecule has 9 nitrogen and oxygen atoms in total. The number of hydrogen-bond acceptors (Lipinski definition) is 6. The van der Waals surface area contributed by atoms with Crippen LogP contribution in [0.25, 0.3) is 0 Å². The van der Waals surface area contributed by atoms with E-state index in [1.165, 1.54) is 28.6 Å². The molecule has 29 heavy (non-hydrogen) atoms. The summed E-state index contributed by atoms with van der Waals surface area (Å²) >= 11 is 0. The second kappa shape index (κ2) is 9.48. The smallest absolute Gasteiger partial charge is 0.271 e. The number of hydrogen-bond donors (Lipinski definition) is 2. The lowest BCUT2D eigenvalue weighted by Gasteiger charge is -2.20. The third-order valence-corrected chi connectivity index (χ3v) is 6.50. The van der Waals surface area contributed by atoms with Crippen molar-refractivity contribution in [3.8, 4) is 0 Å². The Hall–Kier alpha value is -2.98. The molecule has 1 amide bonds. The third-order valence-electron chi connectivity index (χ3n) is 4.31. The highest BCUT2D eigenvalue weighted by atomic mass is 32.2. The van der Waals surface area contributed by atoms with Crippen LogP contribution in [0, 0.1) is 17.0 Å². The van der Waals surface area contributed by atoms with E-state index < -0.39 is 20.9 Å². The molecule has 0 unspecified atom stereocenters. The normalized spacial score (nSPS) is 11.3. The van der Waals surface area contributed by atoms with E-state index in [2.05, 4.69) is 10.6 Å². The van der Waals surface area contributed by atoms with Gasteiger partial charge in [-0.2, -0.15) is 4.31 Å². The lowest BCUT2D eigenvalue weighted by Crippen LogP contribution is -2.31. The molecule has 0 saturated carbocycles. The number of nitro groups is 1. The summed E-state index contributed by atoms with van der Waals surface area (Å²) in [7, 11) is -3.66. The number of benzene rings is 2. The molecule has 0 saturated heterocycles. The number of nitro benzene ring substituents is 1. The van der Waals surface area contributed by atoms with Gasteiger partial charge in [0.1, 0.15) is 0 Å². The van der Waals surface area contributed by atoms with Gasteiger partial charge in [-0.05, 0) is 30.7 Å². The summed E-state index contributed by atoms with van der Waals surface area (Å²) in [6.07, 6.45) is 0. The number of rotatable bonds is 9. The zero-order valence-electron chi connectivity index (χ0n) is 16.5. The zero-order valence-corrected chi connectivity index (χ0v) is 17.3. The predicted molar refractivity (Wildman–Crippen MR) is 112 cm³/mol. The van der Waals surface area contributed by atoms with Crippen LogP contribution < -0.4 is 10.6 Å². The summed E-state index contributed by atoms with van der Waals surface area (Å²) in [6, 6.07) is 10.5. The Bertz CT molecular complexity index is 1000. The van der Waals surface area contributed by atoms with Crippen LogP contribution >= 0.6 is 0 Å². The largest absolute Gasteiger partial charge is 0.376 e. The molecule has 0 spiro atoms. The average molecular weight is 420 g/mol. The Kier molecular flexibility index (Phi) is 7.29. The second-order valence-electron chi connectivity index (χ2n) is 6.28. The number of amides is 1. The Morgan fingerprint density at radius 1 is 1.10 bits per heavy atom. The maximum absolute atomic E-state index is 12.8. The molecule has 0 radical (unpaired) electrons. The van der Waals surface area contributed by atoms with Crippen molar-refractivity contribution in [1.29, 1.82) is 0 Å². The van der Waals surface area contributed by atoms with Crippen LogP contribution in [0.3, 0.4) is 0 Å². The standard InChI is InChI=1S/C19H24N4O5S/c1-4-22(5-2)29(27,28)18-12-16(10-9-14(18)3)21-19(24)13-20-15-7-6-8-17(11-15)23(25)26/h6-12,20H,4-5,13H2,1-3H3,(H,21,24). The van der Waals surface area contributed by atoms with E-state index in [4.69, 9.17) is 0 Å². The van der Waals surface area contributed by atoms with Crippen molar-refractivity contribution >= 4 is 33.0 Å². The average Bonchev–Trinajstić information content (AvgIpc) is 2.68. The van der Waals surface area contributed by atoms with E-state index in [9.17, 15) is 23.3 Å². The van der Waals surface area contributed by atoms with Gasteiger partial charge in [0.05, 0.1) is 16.4 Å². The highest BCUT2D eigenvalue weighted by molar-refractivity contribution is 7.89. The number of nitrogens with zero attached hydrogens (tertiary/aromatic N) is 2. The fourth-order valence-electron chi connectivity index (χ4n) is 2.78. The van der Waals surface area contributed by atoms with Crippen LogP contribution in [0.2, 0.25) is 0 Å². The van der Waals surface area contributed by atoms with Gasteiger partial charge in [0, 0.05) is 36.6 Å². The van der Waals surface area contributed by atoms with Crippen molar-refractivity contribution in [2.24, 2.45) is 0 Å². The molecule has 0 fully saturated rings. The first-order chi connectivity index (χ1) is 13.7. The molecular formula is C19H24N4O5S. The van der Waals surface area contributed by atoms with Gasteiger partial charge < -0.3 is 10.6 Å². The van der Waals surface area contributed by atoms with Gasteiger partial charge in [0.15, 0.2) is 0 Å². The molecular weight excluding hydrogens is 396 g/mol. The van der Waals surface area contributed by atoms with E-state index in [0.717, 1.165) is 0 Å². The summed E-state index contributed by atoms with van der Waals surface area (Å²) in [4.78, 5) is 22.7. The van der Waals surface area contributed by atoms with Gasteiger partial charge in [0.25, 0.3) is 5.69 Å². The molecule has 0 aliphatic carbocycles. The maximum atomic E-state index is 12.8. The summed E-state index contributed by atoms with van der Waals surface area (Å²) in [5.41, 5.74) is 1.29. The first kappa shape index (κ1) is 22.3. The maximum Gasteiger partial charge on any atom is 0.271 e. The molecule has 0 bridgehead atoms. The zero-order chi connectivity index (χ0) is 21.6. The van der Waals surface area contributed by atoms with E-state index in [-0.39, 0.29) is 17.1 Å². The lowest BCUT2D eigenvalue weighted by atomic mass is 10.2. The summed E-state index contributed by atoms with van der Waals surface area (Å²) < 4.78 is 26.9. The van der Waals surface area contributed by atoms with Crippen molar-refractivity contribution < 1.29 is 18.1 Å². The molecule has 2 N–H and O–H groups in total. The highest BCUT2D eigenvalue weighted by Crippen LogP contribution is 2.24. The molecule has 0 atom stereocenters. The highest BCUT2D eigenvalue weighted by Gasteiger charge is 2.24. The summed E-state index contributed by atoms with van der Waals surface area (Å²) in [5, 5.41) is 16.3. The van der Waals surface area contributed by atoms with Crippen LogP contribution in [0.5, 0.6) is 0 Å². The molecule has 2 aromatic carbocycles. The fourth-order valence-corrected chi connectivity index (χ4v) is 4.48. The monoisotopic (exact) mass is 420 g/mol. The van der Waals surface area contributed by atoms with E-state index in [1.54, 1.807) is 39.0 Å². The van der Waals surface area contributed by atoms with Crippen LogP contribution in [-0.2, 0) is 14.8 Å². The molecule has 0 heterocycles. The minimum atomic E-state index is -3.66. The molecule has 0 aliphatic heterocycles. The first-order valence-corrected chi connectivity index (χ1v) is 10.5. The third kappa shape index (κ3) is 5.52. The molecule has 0 aromatic heterocycles. The van der Waals surface area contributed by atoms with Gasteiger partial charge in [-0.3, -0.25) is 14.9 Å². The van der Waals surface area contributed by atoms with E-state index in [0.29, 0.717) is 30.0 Å². The van der Waals surface area contributed by atoms with E-state index in [1.807, 2.05) is 0 Å². The van der Waals surface area contributed by atoms with Gasteiger partial charge in [-0.1, -0.05) is 26.0 Å². The predicted octanol–water partition coefficient (Wildman–Crippen LogP) is 2.98. The van der Waals surface area contributed by atoms with Gasteiger partial charge in [-0.25, -0.2) is 8.42 Å². The van der Waals surface area contributed by atoms with Crippen molar-refractivity contribution in [1.82, 2.24) is 4.31 Å². The number of sulfonamides is 1. The van der Waals surface area contributed by atoms with Gasteiger partial charge in [0.2, 0.25) is 15.9 Å². The Morgan fingerprint density at radius 2 is 1.79 bits per heavy atom. The molecule has 10 heteroatoms. The van der Waals surface area contributed by atoms with Crippen molar-refractivity contribution in [2.75, 3.05) is 30.3 Å². The van der Waals surface area contributed by atoms with E-state index >= 15 is 0 Å². The Balaban J connectivity index is 2.11. The first-order valence-electron chi connectivity index (χ1n) is 9.08. The molecule has 0 aliphatic rings. The SMILES string of the molecule is CCN(CC)S(=O)(=O)c1cc(NC(=O)CNc2cccc([N+](=O)[O-])c2)ccc1C. The summed E-state index contributed by atoms with van der Waals surface area (Å²) in [6.45, 7) is 5.80. The van der Waals surface area contributed by atoms with Crippen LogP contribution in [-0.4, -0.2) is 43.2 Å². The lowest BCUT2D eigenvalue weighted by molar-refractivity contribution is -0.384. The fraction of sp³-hybridized carbons (Fsp3) is 0.316. The number of nitrogens with one attached hydrogen (secondary N) is 2. The number of non-ortho nitro benzene ring substituents is 1. The number of carbonyl (C=O) groups is 1. The second-order valence-corrected chi connectivity index (χ2v) is 8.19. The van der Waals surface area contributed by atoms with Crippen molar-refractivity contribution in [2.45, 2.75) is 25.7 Å². The van der Waals surface area contributed by atoms with Crippen LogP contribution in [0.15, 0.2) is 47.4 Å². The topological polar surface area (TPSA) is 122 Å². The Labute approximate surface area is 169 Å². The number of anilines is 2. The molecule has 156 valence electrons. The molecule has 2 rings (SSSR count). The van der Waals surface area contributed by atoms with Crippen molar-refractivity contribution in [3.05, 3.63) is 58.1 Å². The van der Waals surface area contributed by atoms with Crippen molar-refractivity contribution in [3.63, 3.8) is 0 Å².